The molecule has 88 valence electrons. The summed E-state index contributed by atoms with van der Waals surface area (Å²) < 4.78 is 0. The standard InChI is InChI=1S/C14H16N2S/c1-2-15-9-13-16-14-11-6-4-3-5-10(11)7-8-12(14)17-13/h3-6,15H,2,7-9H2,1H3. The summed E-state index contributed by atoms with van der Waals surface area (Å²) in [6.45, 7) is 4.03. The Hall–Kier alpha value is -1.19. The van der Waals surface area contributed by atoms with E-state index in [-0.39, 0.29) is 0 Å². The van der Waals surface area contributed by atoms with Crippen molar-refractivity contribution in [3.8, 4) is 11.3 Å². The molecule has 0 aliphatic heterocycles. The molecule has 3 rings (SSSR count). The largest absolute Gasteiger partial charge is 0.311 e. The Bertz CT molecular complexity index is 531. The number of nitrogens with one attached hydrogen (secondary N) is 1. The van der Waals surface area contributed by atoms with Crippen LogP contribution in [-0.2, 0) is 19.4 Å². The zero-order valence-electron chi connectivity index (χ0n) is 9.99. The van der Waals surface area contributed by atoms with Crippen LogP contribution in [0.15, 0.2) is 24.3 Å². The van der Waals surface area contributed by atoms with Crippen LogP contribution in [0.4, 0.5) is 0 Å². The fourth-order valence-corrected chi connectivity index (χ4v) is 3.36. The number of benzene rings is 1. The average Bonchev–Trinajstić information content (AvgIpc) is 2.79. The highest BCUT2D eigenvalue weighted by Gasteiger charge is 2.19. The third kappa shape index (κ3) is 2.01. The molecule has 17 heavy (non-hydrogen) atoms. The molecule has 1 aromatic carbocycles. The smallest absolute Gasteiger partial charge is 0.107 e. The summed E-state index contributed by atoms with van der Waals surface area (Å²) in [4.78, 5) is 6.24. The van der Waals surface area contributed by atoms with Crippen LogP contribution in [0.25, 0.3) is 11.3 Å². The fraction of sp³-hybridized carbons (Fsp3) is 0.357. The Labute approximate surface area is 106 Å². The third-order valence-corrected chi connectivity index (χ3v) is 4.28. The molecule has 0 spiro atoms. The van der Waals surface area contributed by atoms with E-state index in [1.54, 1.807) is 0 Å². The number of hydrogen-bond donors (Lipinski definition) is 1. The van der Waals surface area contributed by atoms with Gasteiger partial charge in [0.25, 0.3) is 0 Å². The van der Waals surface area contributed by atoms with Gasteiger partial charge in [-0.3, -0.25) is 0 Å². The van der Waals surface area contributed by atoms with Gasteiger partial charge in [-0.1, -0.05) is 31.2 Å². The monoisotopic (exact) mass is 244 g/mol. The van der Waals surface area contributed by atoms with Gasteiger partial charge in [-0.2, -0.15) is 0 Å². The van der Waals surface area contributed by atoms with Crippen LogP contribution < -0.4 is 5.32 Å². The van der Waals surface area contributed by atoms with Gasteiger partial charge in [0.05, 0.1) is 5.69 Å². The van der Waals surface area contributed by atoms with Gasteiger partial charge in [-0.05, 0) is 24.9 Å². The lowest BCUT2D eigenvalue weighted by Crippen LogP contribution is -2.11. The van der Waals surface area contributed by atoms with E-state index in [0.717, 1.165) is 25.9 Å². The maximum atomic E-state index is 4.79. The summed E-state index contributed by atoms with van der Waals surface area (Å²) in [6, 6.07) is 8.65. The fourth-order valence-electron chi connectivity index (χ4n) is 2.31. The Morgan fingerprint density at radius 2 is 2.18 bits per heavy atom. The van der Waals surface area contributed by atoms with Crippen LogP contribution in [0, 0.1) is 0 Å². The van der Waals surface area contributed by atoms with Crippen molar-refractivity contribution in [1.29, 1.82) is 0 Å². The van der Waals surface area contributed by atoms with E-state index in [1.807, 2.05) is 11.3 Å². The lowest BCUT2D eigenvalue weighted by molar-refractivity contribution is 0.723. The van der Waals surface area contributed by atoms with Gasteiger partial charge in [-0.25, -0.2) is 4.98 Å². The Kier molecular flexibility index (Phi) is 2.95. The van der Waals surface area contributed by atoms with Crippen molar-refractivity contribution in [3.05, 3.63) is 39.7 Å². The van der Waals surface area contributed by atoms with Crippen molar-refractivity contribution >= 4 is 11.3 Å². The minimum absolute atomic E-state index is 0.899. The van der Waals surface area contributed by atoms with Gasteiger partial charge < -0.3 is 5.32 Å². The molecule has 2 aromatic rings. The molecule has 2 nitrogen and oxygen atoms in total. The predicted molar refractivity (Wildman–Crippen MR) is 72.3 cm³/mol. The number of thiazole rings is 1. The maximum absolute atomic E-state index is 4.79. The number of rotatable bonds is 3. The van der Waals surface area contributed by atoms with Crippen molar-refractivity contribution in [2.24, 2.45) is 0 Å². The van der Waals surface area contributed by atoms with Crippen molar-refractivity contribution in [2.45, 2.75) is 26.3 Å². The zero-order chi connectivity index (χ0) is 11.7. The maximum Gasteiger partial charge on any atom is 0.107 e. The Morgan fingerprint density at radius 1 is 1.29 bits per heavy atom. The summed E-state index contributed by atoms with van der Waals surface area (Å²) in [7, 11) is 0. The minimum atomic E-state index is 0.899. The van der Waals surface area contributed by atoms with Gasteiger partial charge in [0.15, 0.2) is 0 Å². The summed E-state index contributed by atoms with van der Waals surface area (Å²) >= 11 is 1.87. The molecular weight excluding hydrogens is 228 g/mol. The van der Waals surface area contributed by atoms with Gasteiger partial charge in [0.2, 0.25) is 0 Å². The molecule has 0 saturated heterocycles. The molecular formula is C14H16N2S. The summed E-state index contributed by atoms with van der Waals surface area (Å²) in [5, 5.41) is 4.56. The second-order valence-electron chi connectivity index (χ2n) is 4.32. The first-order chi connectivity index (χ1) is 8.38. The van der Waals surface area contributed by atoms with Crippen molar-refractivity contribution in [2.75, 3.05) is 6.54 Å². The second-order valence-corrected chi connectivity index (χ2v) is 5.49. The molecule has 0 saturated carbocycles. The first kappa shape index (κ1) is 10.9. The van der Waals surface area contributed by atoms with Crippen LogP contribution in [0.1, 0.15) is 22.4 Å². The van der Waals surface area contributed by atoms with E-state index in [2.05, 4.69) is 36.5 Å². The van der Waals surface area contributed by atoms with Gasteiger partial charge >= 0.3 is 0 Å². The molecule has 0 amide bonds. The highest BCUT2D eigenvalue weighted by atomic mass is 32.1. The lowest BCUT2D eigenvalue weighted by Gasteiger charge is -2.13. The van der Waals surface area contributed by atoms with E-state index in [4.69, 9.17) is 4.98 Å². The first-order valence-electron chi connectivity index (χ1n) is 6.16. The number of nitrogens with zero attached hydrogens (tertiary/aromatic N) is 1. The lowest BCUT2D eigenvalue weighted by atomic mass is 9.94. The van der Waals surface area contributed by atoms with Crippen LogP contribution in [0.3, 0.4) is 0 Å². The molecule has 1 aromatic heterocycles. The summed E-state index contributed by atoms with van der Waals surface area (Å²) in [5.41, 5.74) is 4.01. The molecule has 1 aliphatic carbocycles. The number of aromatic nitrogens is 1. The van der Waals surface area contributed by atoms with E-state index in [9.17, 15) is 0 Å². The molecule has 1 heterocycles. The van der Waals surface area contributed by atoms with E-state index >= 15 is 0 Å². The van der Waals surface area contributed by atoms with Crippen molar-refractivity contribution in [3.63, 3.8) is 0 Å². The molecule has 1 aliphatic rings. The highest BCUT2D eigenvalue weighted by molar-refractivity contribution is 7.12. The third-order valence-electron chi connectivity index (χ3n) is 3.16. The van der Waals surface area contributed by atoms with Crippen LogP contribution in [0.2, 0.25) is 0 Å². The van der Waals surface area contributed by atoms with Crippen LogP contribution >= 0.6 is 11.3 Å². The Balaban J connectivity index is 1.98. The quantitative estimate of drug-likeness (QED) is 0.897. The molecule has 0 bridgehead atoms. The van der Waals surface area contributed by atoms with E-state index in [1.165, 1.54) is 26.7 Å². The highest BCUT2D eigenvalue weighted by Crippen LogP contribution is 2.35. The topological polar surface area (TPSA) is 24.9 Å². The van der Waals surface area contributed by atoms with E-state index < -0.39 is 0 Å². The summed E-state index contributed by atoms with van der Waals surface area (Å²) in [5.74, 6) is 0. The average molecular weight is 244 g/mol. The van der Waals surface area contributed by atoms with Gasteiger partial charge in [0.1, 0.15) is 5.01 Å². The molecule has 0 radical (unpaired) electrons. The SMILES string of the molecule is CCNCc1nc2c(s1)CCc1ccccc1-2. The van der Waals surface area contributed by atoms with Gasteiger partial charge in [-0.15, -0.1) is 11.3 Å². The molecule has 3 heteroatoms. The Morgan fingerprint density at radius 3 is 3.06 bits per heavy atom. The molecule has 1 N–H and O–H groups in total. The van der Waals surface area contributed by atoms with Crippen LogP contribution in [-0.4, -0.2) is 11.5 Å². The van der Waals surface area contributed by atoms with Crippen LogP contribution in [0.5, 0.6) is 0 Å². The first-order valence-corrected chi connectivity index (χ1v) is 6.97. The predicted octanol–water partition coefficient (Wildman–Crippen LogP) is 3.02. The number of hydrogen-bond acceptors (Lipinski definition) is 3. The second kappa shape index (κ2) is 4.59. The minimum Gasteiger partial charge on any atom is -0.311 e. The number of aryl methyl sites for hydroxylation is 2. The normalized spacial score (nSPS) is 13.2. The number of fused-ring (bicyclic) bond motifs is 3. The summed E-state index contributed by atoms with van der Waals surface area (Å²) in [6.07, 6.45) is 2.31. The zero-order valence-corrected chi connectivity index (χ0v) is 10.8. The van der Waals surface area contributed by atoms with Crippen molar-refractivity contribution < 1.29 is 0 Å². The van der Waals surface area contributed by atoms with E-state index in [0.29, 0.717) is 0 Å². The molecule has 0 fully saturated rings. The molecule has 0 atom stereocenters. The molecule has 0 unspecified atom stereocenters. The van der Waals surface area contributed by atoms with Gasteiger partial charge in [0, 0.05) is 17.0 Å². The van der Waals surface area contributed by atoms with Crippen molar-refractivity contribution in [1.82, 2.24) is 10.3 Å².